The molecule has 0 radical (unpaired) electrons. The minimum atomic E-state index is -0.259. The average Bonchev–Trinajstić information content (AvgIpc) is 3.14. The van der Waals surface area contributed by atoms with E-state index in [2.05, 4.69) is 46.9 Å². The lowest BCUT2D eigenvalue weighted by Gasteiger charge is -2.36. The molecule has 1 heterocycles. The van der Waals surface area contributed by atoms with Gasteiger partial charge in [-0.25, -0.2) is 4.79 Å². The summed E-state index contributed by atoms with van der Waals surface area (Å²) in [5, 5.41) is 2.31. The smallest absolute Gasteiger partial charge is 0.414 e. The van der Waals surface area contributed by atoms with Gasteiger partial charge in [0.05, 0.1) is 15.7 Å². The number of rotatable bonds is 4. The Hall–Kier alpha value is -1.50. The fourth-order valence-corrected chi connectivity index (χ4v) is 6.64. The number of benzene rings is 2. The van der Waals surface area contributed by atoms with Crippen LogP contribution in [0.4, 0.5) is 10.5 Å². The lowest BCUT2D eigenvalue weighted by atomic mass is 9.73. The fourth-order valence-electron chi connectivity index (χ4n) is 5.84. The number of carbonyl (C=O) groups excluding carboxylic acids is 1. The van der Waals surface area contributed by atoms with Crippen molar-refractivity contribution >= 4 is 45.1 Å². The summed E-state index contributed by atoms with van der Waals surface area (Å²) in [5.41, 5.74) is 0.896. The monoisotopic (exact) mass is 533 g/mol. The predicted molar refractivity (Wildman–Crippen MR) is 133 cm³/mol. The van der Waals surface area contributed by atoms with Crippen molar-refractivity contribution in [3.05, 3.63) is 33.9 Å². The zero-order chi connectivity index (χ0) is 21.4. The molecule has 5 rings (SSSR count). The standard InChI is InChI=1S/C26H32INO3/c1-17-16-30-26(29)28(17)21-10-13-23-20(15-21)9-14-24(25(23)27)31-22-11-7-19(8-12-22)18-5-3-2-4-6-18/h9-10,13-15,17-19,22H,2-8,11-12,16H2,1H3/t17-,19-,22+/m1/s1. The maximum atomic E-state index is 12.1. The number of fused-ring (bicyclic) bond motifs is 1. The molecule has 0 aromatic heterocycles. The first-order valence-corrected chi connectivity index (χ1v) is 13.0. The highest BCUT2D eigenvalue weighted by Gasteiger charge is 2.31. The molecule has 3 fully saturated rings. The number of anilines is 1. The van der Waals surface area contributed by atoms with Crippen LogP contribution in [0.1, 0.15) is 64.7 Å². The van der Waals surface area contributed by atoms with Crippen molar-refractivity contribution in [3.63, 3.8) is 0 Å². The first kappa shape index (κ1) is 21.4. The molecule has 1 atom stereocenters. The summed E-state index contributed by atoms with van der Waals surface area (Å²) >= 11 is 2.41. The first-order chi connectivity index (χ1) is 15.1. The van der Waals surface area contributed by atoms with Crippen LogP contribution in [-0.2, 0) is 4.74 Å². The van der Waals surface area contributed by atoms with Gasteiger partial charge in [-0.15, -0.1) is 0 Å². The molecule has 2 saturated carbocycles. The summed E-state index contributed by atoms with van der Waals surface area (Å²) in [6.45, 7) is 2.46. The summed E-state index contributed by atoms with van der Waals surface area (Å²) in [6, 6.07) is 10.5. The Morgan fingerprint density at radius 1 is 0.968 bits per heavy atom. The maximum Gasteiger partial charge on any atom is 0.414 e. The van der Waals surface area contributed by atoms with Gasteiger partial charge in [0, 0.05) is 5.69 Å². The Morgan fingerprint density at radius 3 is 2.42 bits per heavy atom. The van der Waals surface area contributed by atoms with Crippen molar-refractivity contribution in [2.45, 2.75) is 76.9 Å². The van der Waals surface area contributed by atoms with E-state index in [1.54, 1.807) is 4.90 Å². The third kappa shape index (κ3) is 4.39. The molecule has 1 saturated heterocycles. The van der Waals surface area contributed by atoms with E-state index in [4.69, 9.17) is 9.47 Å². The van der Waals surface area contributed by atoms with Gasteiger partial charge in [-0.05, 0) is 96.0 Å². The van der Waals surface area contributed by atoms with Crippen LogP contribution in [0, 0.1) is 15.4 Å². The van der Waals surface area contributed by atoms with E-state index in [9.17, 15) is 4.79 Å². The summed E-state index contributed by atoms with van der Waals surface area (Å²) in [6.07, 6.45) is 12.3. The number of cyclic esters (lactones) is 1. The molecule has 0 unspecified atom stereocenters. The maximum absolute atomic E-state index is 12.1. The average molecular weight is 533 g/mol. The molecule has 0 spiro atoms. The Kier molecular flexibility index (Phi) is 6.31. The van der Waals surface area contributed by atoms with Gasteiger partial charge < -0.3 is 9.47 Å². The highest BCUT2D eigenvalue weighted by atomic mass is 127. The minimum absolute atomic E-state index is 0.0652. The summed E-state index contributed by atoms with van der Waals surface area (Å²) in [4.78, 5) is 13.8. The van der Waals surface area contributed by atoms with E-state index < -0.39 is 0 Å². The van der Waals surface area contributed by atoms with E-state index in [0.717, 1.165) is 32.2 Å². The van der Waals surface area contributed by atoms with Crippen LogP contribution < -0.4 is 9.64 Å². The Balaban J connectivity index is 1.27. The Labute approximate surface area is 198 Å². The van der Waals surface area contributed by atoms with Gasteiger partial charge in [0.25, 0.3) is 0 Å². The van der Waals surface area contributed by atoms with Crippen LogP contribution >= 0.6 is 22.6 Å². The van der Waals surface area contributed by atoms with Gasteiger partial charge in [0.15, 0.2) is 0 Å². The van der Waals surface area contributed by atoms with Crippen LogP contribution in [-0.4, -0.2) is 24.8 Å². The number of nitrogens with zero attached hydrogens (tertiary/aromatic N) is 1. The van der Waals surface area contributed by atoms with E-state index >= 15 is 0 Å². The van der Waals surface area contributed by atoms with Crippen molar-refractivity contribution in [3.8, 4) is 5.75 Å². The second-order valence-electron chi connectivity index (χ2n) is 9.63. The van der Waals surface area contributed by atoms with Crippen molar-refractivity contribution in [1.29, 1.82) is 0 Å². The van der Waals surface area contributed by atoms with Crippen LogP contribution in [0.3, 0.4) is 0 Å². The Morgan fingerprint density at radius 2 is 1.71 bits per heavy atom. The van der Waals surface area contributed by atoms with Crippen LogP contribution in [0.5, 0.6) is 5.75 Å². The molecular weight excluding hydrogens is 501 g/mol. The molecule has 31 heavy (non-hydrogen) atoms. The van der Waals surface area contributed by atoms with E-state index in [1.165, 1.54) is 63.2 Å². The fraction of sp³-hybridized carbons (Fsp3) is 0.577. The van der Waals surface area contributed by atoms with Crippen LogP contribution in [0.15, 0.2) is 30.3 Å². The number of hydrogen-bond acceptors (Lipinski definition) is 3. The van der Waals surface area contributed by atoms with Crippen molar-refractivity contribution in [1.82, 2.24) is 0 Å². The third-order valence-electron chi connectivity index (χ3n) is 7.59. The molecule has 2 aliphatic carbocycles. The third-order valence-corrected chi connectivity index (χ3v) is 8.71. The number of halogens is 1. The highest BCUT2D eigenvalue weighted by Crippen LogP contribution is 2.40. The molecule has 1 amide bonds. The largest absolute Gasteiger partial charge is 0.489 e. The lowest BCUT2D eigenvalue weighted by molar-refractivity contribution is 0.0986. The van der Waals surface area contributed by atoms with Gasteiger partial charge in [-0.2, -0.15) is 0 Å². The number of hydrogen-bond donors (Lipinski definition) is 0. The van der Waals surface area contributed by atoms with E-state index in [-0.39, 0.29) is 12.1 Å². The topological polar surface area (TPSA) is 38.8 Å². The van der Waals surface area contributed by atoms with Crippen molar-refractivity contribution < 1.29 is 14.3 Å². The van der Waals surface area contributed by atoms with Crippen LogP contribution in [0.25, 0.3) is 10.8 Å². The molecule has 0 N–H and O–H groups in total. The molecule has 4 nitrogen and oxygen atoms in total. The number of ether oxygens (including phenoxy) is 2. The molecular formula is C26H32INO3. The molecule has 5 heteroatoms. The second-order valence-corrected chi connectivity index (χ2v) is 10.7. The molecule has 3 aliphatic rings. The molecule has 1 aliphatic heterocycles. The van der Waals surface area contributed by atoms with Crippen molar-refractivity contribution in [2.24, 2.45) is 11.8 Å². The summed E-state index contributed by atoms with van der Waals surface area (Å²) < 4.78 is 12.8. The second kappa shape index (κ2) is 9.16. The summed E-state index contributed by atoms with van der Waals surface area (Å²) in [5.74, 6) is 2.89. The van der Waals surface area contributed by atoms with E-state index in [1.807, 2.05) is 13.0 Å². The molecule has 0 bridgehead atoms. The molecule has 166 valence electrons. The first-order valence-electron chi connectivity index (χ1n) is 11.9. The van der Waals surface area contributed by atoms with Crippen LogP contribution in [0.2, 0.25) is 0 Å². The normalized spacial score (nSPS) is 27.5. The molecule has 2 aromatic carbocycles. The highest BCUT2D eigenvalue weighted by molar-refractivity contribution is 14.1. The van der Waals surface area contributed by atoms with Gasteiger partial charge in [-0.1, -0.05) is 44.2 Å². The van der Waals surface area contributed by atoms with Gasteiger partial charge in [-0.3, -0.25) is 4.90 Å². The van der Waals surface area contributed by atoms with Gasteiger partial charge in [0.1, 0.15) is 12.4 Å². The number of carbonyl (C=O) groups is 1. The van der Waals surface area contributed by atoms with Gasteiger partial charge in [0.2, 0.25) is 0 Å². The lowest BCUT2D eigenvalue weighted by Crippen LogP contribution is -2.30. The zero-order valence-corrected chi connectivity index (χ0v) is 20.5. The quantitative estimate of drug-likeness (QED) is 0.387. The predicted octanol–water partition coefficient (Wildman–Crippen LogP) is 7.31. The molecule has 2 aromatic rings. The SMILES string of the molecule is C[C@@H]1COC(=O)N1c1ccc2c(I)c(O[C@H]3CC[C@@H](C4CCCCC4)CC3)ccc2c1. The minimum Gasteiger partial charge on any atom is -0.489 e. The van der Waals surface area contributed by atoms with E-state index in [0.29, 0.717) is 12.7 Å². The zero-order valence-electron chi connectivity index (χ0n) is 18.3. The van der Waals surface area contributed by atoms with Crippen molar-refractivity contribution in [2.75, 3.05) is 11.5 Å². The Bertz CT molecular complexity index is 947. The van der Waals surface area contributed by atoms with Gasteiger partial charge >= 0.3 is 6.09 Å². The summed E-state index contributed by atoms with van der Waals surface area (Å²) in [7, 11) is 0. The number of amides is 1.